The van der Waals surface area contributed by atoms with Gasteiger partial charge in [0.2, 0.25) is 0 Å². The summed E-state index contributed by atoms with van der Waals surface area (Å²) >= 11 is 3.09. The summed E-state index contributed by atoms with van der Waals surface area (Å²) in [5.41, 5.74) is 1.29. The first kappa shape index (κ1) is 11.3. The summed E-state index contributed by atoms with van der Waals surface area (Å²) in [6.07, 6.45) is 0.807. The Morgan fingerprint density at radius 1 is 1.44 bits per heavy atom. The highest BCUT2D eigenvalue weighted by molar-refractivity contribution is 9.10. The third-order valence-electron chi connectivity index (χ3n) is 2.40. The molecule has 1 unspecified atom stereocenters. The molecule has 0 fully saturated rings. The Bertz CT molecular complexity index is 512. The van der Waals surface area contributed by atoms with Crippen LogP contribution in [0.15, 0.2) is 34.9 Å². The first-order chi connectivity index (χ1) is 7.59. The zero-order chi connectivity index (χ0) is 11.7. The van der Waals surface area contributed by atoms with Gasteiger partial charge in [-0.15, -0.1) is 0 Å². The highest BCUT2D eigenvalue weighted by Gasteiger charge is 2.14. The van der Waals surface area contributed by atoms with Crippen molar-refractivity contribution in [3.05, 3.63) is 52.0 Å². The molecule has 2 rings (SSSR count). The van der Waals surface area contributed by atoms with Crippen molar-refractivity contribution < 1.29 is 9.50 Å². The predicted molar refractivity (Wildman–Crippen MR) is 61.4 cm³/mol. The van der Waals surface area contributed by atoms with E-state index in [1.54, 1.807) is 36.1 Å². The maximum atomic E-state index is 13.0. The molecule has 5 heteroatoms. The zero-order valence-electron chi connectivity index (χ0n) is 8.56. The molecule has 2 aromatic rings. The first-order valence-corrected chi connectivity index (χ1v) is 5.50. The topological polar surface area (TPSA) is 38.0 Å². The molecule has 1 atom stereocenters. The van der Waals surface area contributed by atoms with Crippen LogP contribution in [0.3, 0.4) is 0 Å². The highest BCUT2D eigenvalue weighted by atomic mass is 79.9. The van der Waals surface area contributed by atoms with Gasteiger partial charge in [0.25, 0.3) is 0 Å². The lowest BCUT2D eigenvalue weighted by Gasteiger charge is -2.11. The zero-order valence-corrected chi connectivity index (χ0v) is 10.1. The molecule has 16 heavy (non-hydrogen) atoms. The summed E-state index contributed by atoms with van der Waals surface area (Å²) in [4.78, 5) is 0. The standard InChI is InChI=1S/C11H10BrFN2O/c1-15-10(4-5-14-15)11(16)7-2-3-9(13)8(12)6-7/h2-6,11,16H,1H3. The van der Waals surface area contributed by atoms with Gasteiger partial charge in [0.05, 0.1) is 10.2 Å². The van der Waals surface area contributed by atoms with Gasteiger partial charge in [-0.1, -0.05) is 6.07 Å². The van der Waals surface area contributed by atoms with Crippen LogP contribution in [0.2, 0.25) is 0 Å². The lowest BCUT2D eigenvalue weighted by Crippen LogP contribution is -2.06. The van der Waals surface area contributed by atoms with E-state index in [0.717, 1.165) is 0 Å². The van der Waals surface area contributed by atoms with Crippen LogP contribution in [0.5, 0.6) is 0 Å². The van der Waals surface area contributed by atoms with E-state index in [-0.39, 0.29) is 5.82 Å². The Kier molecular flexibility index (Phi) is 3.07. The Balaban J connectivity index is 2.38. The van der Waals surface area contributed by atoms with Crippen molar-refractivity contribution in [3.8, 4) is 0 Å². The van der Waals surface area contributed by atoms with E-state index in [1.165, 1.54) is 6.07 Å². The molecule has 0 aliphatic carbocycles. The van der Waals surface area contributed by atoms with E-state index in [4.69, 9.17) is 0 Å². The van der Waals surface area contributed by atoms with Crippen molar-refractivity contribution in [2.45, 2.75) is 6.10 Å². The minimum Gasteiger partial charge on any atom is -0.382 e. The molecule has 0 amide bonds. The van der Waals surface area contributed by atoms with E-state index >= 15 is 0 Å². The largest absolute Gasteiger partial charge is 0.382 e. The van der Waals surface area contributed by atoms with Crippen molar-refractivity contribution in [1.82, 2.24) is 9.78 Å². The van der Waals surface area contributed by atoms with Crippen molar-refractivity contribution in [2.24, 2.45) is 7.05 Å². The van der Waals surface area contributed by atoms with Gasteiger partial charge in [-0.25, -0.2) is 4.39 Å². The minimum atomic E-state index is -0.801. The fraction of sp³-hybridized carbons (Fsp3) is 0.182. The van der Waals surface area contributed by atoms with Crippen molar-refractivity contribution in [1.29, 1.82) is 0 Å². The molecule has 3 nitrogen and oxygen atoms in total. The van der Waals surface area contributed by atoms with E-state index < -0.39 is 6.10 Å². The maximum Gasteiger partial charge on any atom is 0.137 e. The van der Waals surface area contributed by atoms with Gasteiger partial charge < -0.3 is 5.11 Å². The molecule has 0 spiro atoms. The Hall–Kier alpha value is -1.20. The van der Waals surface area contributed by atoms with Crippen molar-refractivity contribution in [2.75, 3.05) is 0 Å². The Morgan fingerprint density at radius 3 is 2.75 bits per heavy atom. The van der Waals surface area contributed by atoms with Crippen molar-refractivity contribution in [3.63, 3.8) is 0 Å². The Morgan fingerprint density at radius 2 is 2.19 bits per heavy atom. The molecule has 0 saturated carbocycles. The SMILES string of the molecule is Cn1nccc1C(O)c1ccc(F)c(Br)c1. The van der Waals surface area contributed by atoms with Gasteiger partial charge in [0, 0.05) is 13.2 Å². The van der Waals surface area contributed by atoms with Crippen LogP contribution in [0.25, 0.3) is 0 Å². The molecule has 1 heterocycles. The van der Waals surface area contributed by atoms with Gasteiger partial charge in [-0.05, 0) is 39.7 Å². The lowest BCUT2D eigenvalue weighted by molar-refractivity contribution is 0.209. The number of nitrogens with zero attached hydrogens (tertiary/aromatic N) is 2. The van der Waals surface area contributed by atoms with Gasteiger partial charge >= 0.3 is 0 Å². The number of aliphatic hydroxyl groups excluding tert-OH is 1. The van der Waals surface area contributed by atoms with Crippen molar-refractivity contribution >= 4 is 15.9 Å². The fourth-order valence-corrected chi connectivity index (χ4v) is 1.90. The number of aliphatic hydroxyl groups is 1. The molecule has 0 aliphatic rings. The monoisotopic (exact) mass is 284 g/mol. The number of benzene rings is 1. The molecule has 1 N–H and O–H groups in total. The summed E-state index contributed by atoms with van der Waals surface area (Å²) in [5, 5.41) is 14.0. The number of hydrogen-bond acceptors (Lipinski definition) is 2. The molecule has 1 aromatic carbocycles. The first-order valence-electron chi connectivity index (χ1n) is 4.70. The number of aromatic nitrogens is 2. The molecular formula is C11H10BrFN2O. The molecule has 0 bridgehead atoms. The number of halogens is 2. The summed E-state index contributed by atoms with van der Waals surface area (Å²) < 4.78 is 15.0. The third kappa shape index (κ3) is 2.01. The van der Waals surface area contributed by atoms with Crippen LogP contribution >= 0.6 is 15.9 Å². The molecule has 0 aliphatic heterocycles. The quantitative estimate of drug-likeness (QED) is 0.920. The lowest BCUT2D eigenvalue weighted by atomic mass is 10.1. The van der Waals surface area contributed by atoms with E-state index in [0.29, 0.717) is 15.7 Å². The van der Waals surface area contributed by atoms with E-state index in [9.17, 15) is 9.50 Å². The summed E-state index contributed by atoms with van der Waals surface area (Å²) in [7, 11) is 1.75. The van der Waals surface area contributed by atoms with Crippen LogP contribution in [-0.4, -0.2) is 14.9 Å². The average Bonchev–Trinajstić information content (AvgIpc) is 2.67. The number of hydrogen-bond donors (Lipinski definition) is 1. The number of rotatable bonds is 2. The number of aryl methyl sites for hydroxylation is 1. The normalized spacial score (nSPS) is 12.8. The van der Waals surface area contributed by atoms with Crippen LogP contribution < -0.4 is 0 Å². The van der Waals surface area contributed by atoms with E-state index in [1.807, 2.05) is 0 Å². The van der Waals surface area contributed by atoms with Crippen LogP contribution in [-0.2, 0) is 7.05 Å². The molecule has 0 saturated heterocycles. The van der Waals surface area contributed by atoms with Crippen LogP contribution in [0.1, 0.15) is 17.4 Å². The Labute approximate surface area is 101 Å². The van der Waals surface area contributed by atoms with Gasteiger partial charge in [0.15, 0.2) is 0 Å². The van der Waals surface area contributed by atoms with Crippen LogP contribution in [0.4, 0.5) is 4.39 Å². The summed E-state index contributed by atoms with van der Waals surface area (Å²) in [6.45, 7) is 0. The third-order valence-corrected chi connectivity index (χ3v) is 3.01. The molecule has 0 radical (unpaired) electrons. The highest BCUT2D eigenvalue weighted by Crippen LogP contribution is 2.25. The van der Waals surface area contributed by atoms with Gasteiger partial charge in [-0.2, -0.15) is 5.10 Å². The molecular weight excluding hydrogens is 275 g/mol. The summed E-state index contributed by atoms with van der Waals surface area (Å²) in [6, 6.07) is 6.16. The van der Waals surface area contributed by atoms with Gasteiger partial charge in [0.1, 0.15) is 11.9 Å². The molecule has 84 valence electrons. The molecule has 1 aromatic heterocycles. The van der Waals surface area contributed by atoms with Gasteiger partial charge in [-0.3, -0.25) is 4.68 Å². The summed E-state index contributed by atoms with van der Waals surface area (Å²) in [5.74, 6) is -0.346. The fourth-order valence-electron chi connectivity index (χ4n) is 1.51. The van der Waals surface area contributed by atoms with E-state index in [2.05, 4.69) is 21.0 Å². The maximum absolute atomic E-state index is 13.0. The predicted octanol–water partition coefficient (Wildman–Crippen LogP) is 2.40. The second kappa shape index (κ2) is 4.35. The minimum absolute atomic E-state index is 0.339. The second-order valence-electron chi connectivity index (χ2n) is 3.46. The average molecular weight is 285 g/mol. The second-order valence-corrected chi connectivity index (χ2v) is 4.31. The smallest absolute Gasteiger partial charge is 0.137 e. The van der Waals surface area contributed by atoms with Crippen LogP contribution in [0, 0.1) is 5.82 Å².